The number of hydrogen-bond acceptors (Lipinski definition) is 1. The first kappa shape index (κ1) is 16.0. The average Bonchev–Trinajstić information content (AvgIpc) is 2.44. The maximum absolute atomic E-state index is 9.18. The second-order valence-corrected chi connectivity index (χ2v) is 5.01. The van der Waals surface area contributed by atoms with Crippen LogP contribution in [0.15, 0.2) is 73.1 Å². The van der Waals surface area contributed by atoms with Crippen molar-refractivity contribution in [3.05, 3.63) is 84.2 Å². The topological polar surface area (TPSA) is 20.2 Å². The molecule has 0 aliphatic rings. The molecule has 0 atom stereocenters. The van der Waals surface area contributed by atoms with E-state index in [4.69, 9.17) is 0 Å². The molecule has 0 unspecified atom stereocenters. The summed E-state index contributed by atoms with van der Waals surface area (Å²) in [6.45, 7) is 13.5. The van der Waals surface area contributed by atoms with Crippen molar-refractivity contribution in [2.45, 2.75) is 32.6 Å². The zero-order chi connectivity index (χ0) is 15.0. The van der Waals surface area contributed by atoms with Crippen molar-refractivity contribution in [2.75, 3.05) is 0 Å². The van der Waals surface area contributed by atoms with Crippen LogP contribution in [0.5, 0.6) is 0 Å². The third-order valence-corrected chi connectivity index (χ3v) is 3.24. The van der Waals surface area contributed by atoms with Crippen molar-refractivity contribution in [1.82, 2.24) is 0 Å². The highest BCUT2D eigenvalue weighted by Gasteiger charge is 2.01. The van der Waals surface area contributed by atoms with Crippen LogP contribution in [0.1, 0.15) is 30.9 Å². The van der Waals surface area contributed by atoms with Gasteiger partial charge in [0.1, 0.15) is 5.76 Å². The Kier molecular flexibility index (Phi) is 6.58. The van der Waals surface area contributed by atoms with Gasteiger partial charge in [-0.25, -0.2) is 0 Å². The molecular weight excluding hydrogens is 244 g/mol. The van der Waals surface area contributed by atoms with Gasteiger partial charge in [0.05, 0.1) is 0 Å². The molecule has 0 saturated heterocycles. The Morgan fingerprint density at radius 2 is 1.95 bits per heavy atom. The Labute approximate surface area is 122 Å². The number of aliphatic hydroxyl groups is 1. The first-order chi connectivity index (χ1) is 9.55. The normalized spacial score (nSPS) is 11.2. The summed E-state index contributed by atoms with van der Waals surface area (Å²) in [6.07, 6.45) is 7.11. The van der Waals surface area contributed by atoms with Crippen molar-refractivity contribution in [2.24, 2.45) is 0 Å². The van der Waals surface area contributed by atoms with Crippen LogP contribution in [0.4, 0.5) is 0 Å². The molecular formula is C19H24O. The van der Waals surface area contributed by atoms with E-state index < -0.39 is 0 Å². The molecule has 0 radical (unpaired) electrons. The van der Waals surface area contributed by atoms with E-state index in [0.717, 1.165) is 36.8 Å². The molecule has 0 saturated carbocycles. The summed E-state index contributed by atoms with van der Waals surface area (Å²) in [5.74, 6) is 0.0587. The van der Waals surface area contributed by atoms with Gasteiger partial charge in [0.25, 0.3) is 0 Å². The molecule has 1 N–H and O–H groups in total. The predicted molar refractivity (Wildman–Crippen MR) is 87.9 cm³/mol. The second kappa shape index (κ2) is 8.21. The van der Waals surface area contributed by atoms with E-state index in [9.17, 15) is 5.11 Å². The fourth-order valence-electron chi connectivity index (χ4n) is 2.10. The van der Waals surface area contributed by atoms with Gasteiger partial charge in [0, 0.05) is 0 Å². The van der Waals surface area contributed by atoms with Crippen LogP contribution in [-0.4, -0.2) is 5.11 Å². The lowest BCUT2D eigenvalue weighted by Crippen LogP contribution is -1.92. The van der Waals surface area contributed by atoms with Crippen LogP contribution in [-0.2, 0) is 12.8 Å². The van der Waals surface area contributed by atoms with Gasteiger partial charge in [0.15, 0.2) is 0 Å². The largest absolute Gasteiger partial charge is 0.509 e. The van der Waals surface area contributed by atoms with Gasteiger partial charge < -0.3 is 5.11 Å². The lowest BCUT2D eigenvalue weighted by molar-refractivity contribution is 0.434. The third-order valence-electron chi connectivity index (χ3n) is 3.24. The van der Waals surface area contributed by atoms with Gasteiger partial charge in [-0.15, -0.1) is 0 Å². The number of hydrogen-bond donors (Lipinski definition) is 1. The minimum absolute atomic E-state index is 0.0587. The number of allylic oxidation sites excluding steroid dienone is 4. The number of aliphatic hydroxyl groups excluding tert-OH is 1. The average molecular weight is 268 g/mol. The van der Waals surface area contributed by atoms with Gasteiger partial charge in [-0.05, 0) is 48.5 Å². The first-order valence-corrected chi connectivity index (χ1v) is 7.00. The zero-order valence-corrected chi connectivity index (χ0v) is 12.4. The molecule has 0 aromatic heterocycles. The van der Waals surface area contributed by atoms with Crippen LogP contribution in [0, 0.1) is 0 Å². The summed E-state index contributed by atoms with van der Waals surface area (Å²) in [4.78, 5) is 0. The molecule has 1 heteroatoms. The van der Waals surface area contributed by atoms with Gasteiger partial charge in [0.2, 0.25) is 0 Å². The summed E-state index contributed by atoms with van der Waals surface area (Å²) in [5.41, 5.74) is 4.81. The van der Waals surface area contributed by atoms with Crippen molar-refractivity contribution in [1.29, 1.82) is 0 Å². The molecule has 1 aromatic rings. The quantitative estimate of drug-likeness (QED) is 0.385. The molecule has 0 amide bonds. The predicted octanol–water partition coefficient (Wildman–Crippen LogP) is 5.31. The molecule has 106 valence electrons. The maximum atomic E-state index is 9.18. The highest BCUT2D eigenvalue weighted by molar-refractivity contribution is 5.29. The molecule has 0 aliphatic heterocycles. The minimum atomic E-state index is 0.0587. The maximum Gasteiger partial charge on any atom is 0.108 e. The summed E-state index contributed by atoms with van der Waals surface area (Å²) in [6, 6.07) is 8.69. The van der Waals surface area contributed by atoms with Crippen molar-refractivity contribution in [3.8, 4) is 0 Å². The molecule has 0 bridgehead atoms. The van der Waals surface area contributed by atoms with Gasteiger partial charge in [-0.2, -0.15) is 0 Å². The molecule has 1 rings (SSSR count). The lowest BCUT2D eigenvalue weighted by Gasteiger charge is -2.08. The Morgan fingerprint density at radius 1 is 1.25 bits per heavy atom. The van der Waals surface area contributed by atoms with E-state index in [1.807, 2.05) is 0 Å². The van der Waals surface area contributed by atoms with Crippen LogP contribution in [0.2, 0.25) is 0 Å². The van der Waals surface area contributed by atoms with Crippen molar-refractivity contribution in [3.63, 3.8) is 0 Å². The molecule has 0 aliphatic carbocycles. The minimum Gasteiger partial charge on any atom is -0.509 e. The van der Waals surface area contributed by atoms with Crippen molar-refractivity contribution >= 4 is 0 Å². The monoisotopic (exact) mass is 268 g/mol. The van der Waals surface area contributed by atoms with Gasteiger partial charge in [-0.3, -0.25) is 0 Å². The standard InChI is InChI=1S/C19H24O/c1-5-17-8-7-9-19(14-17)11-10-15(3)12-18(6-2)13-16(4)20/h6-9,13-14,20H,2-5,10-12H2,1H3/b18-13+. The summed E-state index contributed by atoms with van der Waals surface area (Å²) in [7, 11) is 0. The fourth-order valence-corrected chi connectivity index (χ4v) is 2.10. The Hall–Kier alpha value is -2.02. The highest BCUT2D eigenvalue weighted by Crippen LogP contribution is 2.18. The number of benzene rings is 1. The third kappa shape index (κ3) is 5.75. The van der Waals surface area contributed by atoms with Crippen LogP contribution >= 0.6 is 0 Å². The Balaban J connectivity index is 2.54. The first-order valence-electron chi connectivity index (χ1n) is 7.00. The van der Waals surface area contributed by atoms with E-state index >= 15 is 0 Å². The summed E-state index contributed by atoms with van der Waals surface area (Å²) in [5, 5.41) is 9.18. The van der Waals surface area contributed by atoms with Crippen LogP contribution < -0.4 is 0 Å². The second-order valence-electron chi connectivity index (χ2n) is 5.01. The van der Waals surface area contributed by atoms with E-state index in [-0.39, 0.29) is 5.76 Å². The van der Waals surface area contributed by atoms with E-state index in [2.05, 4.69) is 50.9 Å². The molecule has 1 nitrogen and oxygen atoms in total. The van der Waals surface area contributed by atoms with Gasteiger partial charge >= 0.3 is 0 Å². The van der Waals surface area contributed by atoms with Gasteiger partial charge in [-0.1, -0.05) is 62.6 Å². The van der Waals surface area contributed by atoms with E-state index in [0.29, 0.717) is 0 Å². The Bertz CT molecular complexity index is 520. The molecule has 1 aromatic carbocycles. The van der Waals surface area contributed by atoms with Crippen LogP contribution in [0.25, 0.3) is 0 Å². The molecule has 20 heavy (non-hydrogen) atoms. The smallest absolute Gasteiger partial charge is 0.108 e. The highest BCUT2D eigenvalue weighted by atomic mass is 16.3. The zero-order valence-electron chi connectivity index (χ0n) is 12.4. The van der Waals surface area contributed by atoms with Crippen molar-refractivity contribution < 1.29 is 5.11 Å². The van der Waals surface area contributed by atoms with E-state index in [1.54, 1.807) is 12.2 Å². The van der Waals surface area contributed by atoms with E-state index in [1.165, 1.54) is 11.1 Å². The molecule has 0 fully saturated rings. The number of aryl methyl sites for hydroxylation is 2. The fraction of sp³-hybridized carbons (Fsp3) is 0.263. The van der Waals surface area contributed by atoms with Crippen LogP contribution in [0.3, 0.4) is 0 Å². The Morgan fingerprint density at radius 3 is 2.55 bits per heavy atom. The number of rotatable bonds is 8. The lowest BCUT2D eigenvalue weighted by atomic mass is 9.98. The summed E-state index contributed by atoms with van der Waals surface area (Å²) < 4.78 is 0. The SMILES string of the molecule is C=C/C(=C\C(=C)O)CC(=C)CCc1cccc(CC)c1. The molecule has 0 spiro atoms. The summed E-state index contributed by atoms with van der Waals surface area (Å²) >= 11 is 0. The molecule has 0 heterocycles.